The van der Waals surface area contributed by atoms with Gasteiger partial charge in [-0.2, -0.15) is 0 Å². The molecule has 0 aliphatic carbocycles. The van der Waals surface area contributed by atoms with Crippen LogP contribution in [0.15, 0.2) is 18.2 Å². The van der Waals surface area contributed by atoms with Crippen LogP contribution in [0.4, 0.5) is 8.78 Å². The third-order valence-electron chi connectivity index (χ3n) is 1.02. The van der Waals surface area contributed by atoms with Crippen molar-refractivity contribution in [3.8, 4) is 0 Å². The molecule has 0 saturated heterocycles. The highest BCUT2D eigenvalue weighted by Crippen LogP contribution is 2.20. The van der Waals surface area contributed by atoms with E-state index in [0.717, 1.165) is 0 Å². The molecule has 53 valence electrons. The van der Waals surface area contributed by atoms with Gasteiger partial charge in [-0.15, -0.1) is 0 Å². The highest BCUT2D eigenvalue weighted by atomic mass is 35.5. The molecule has 0 nitrogen and oxygen atoms in total. The maximum atomic E-state index is 11.9. The Kier molecular flexibility index (Phi) is 2.22. The van der Waals surface area contributed by atoms with Gasteiger partial charge in [0.15, 0.2) is 0 Å². The lowest BCUT2D eigenvalue weighted by Crippen LogP contribution is -1.81. The molecule has 0 N–H and O–H groups in total. The number of halogens is 3. The summed E-state index contributed by atoms with van der Waals surface area (Å²) in [6, 6.07) is 6.46. The molecule has 0 aliphatic heterocycles. The Balaban J connectivity index is 2.96. The van der Waals surface area contributed by atoms with E-state index in [1.807, 2.05) is 0 Å². The van der Waals surface area contributed by atoms with Crippen LogP contribution in [0.1, 0.15) is 12.0 Å². The van der Waals surface area contributed by atoms with Gasteiger partial charge in [0.1, 0.15) is 0 Å². The van der Waals surface area contributed by atoms with Crippen molar-refractivity contribution in [3.63, 3.8) is 0 Å². The summed E-state index contributed by atoms with van der Waals surface area (Å²) < 4.78 is 23.7. The molecule has 1 rings (SSSR count). The summed E-state index contributed by atoms with van der Waals surface area (Å²) in [5.41, 5.74) is -0.160. The second-order valence-corrected chi connectivity index (χ2v) is 2.20. The smallest absolute Gasteiger partial charge is 0.205 e. The molecule has 0 spiro atoms. The van der Waals surface area contributed by atoms with E-state index >= 15 is 0 Å². The summed E-state index contributed by atoms with van der Waals surface area (Å²) in [6.07, 6.45) is -2.49. The highest BCUT2D eigenvalue weighted by molar-refractivity contribution is 6.30. The number of benzene rings is 1. The molecule has 0 atom stereocenters. The molecule has 0 heterocycles. The van der Waals surface area contributed by atoms with E-state index in [0.29, 0.717) is 5.02 Å². The van der Waals surface area contributed by atoms with Crippen molar-refractivity contribution >= 4 is 11.6 Å². The summed E-state index contributed by atoms with van der Waals surface area (Å²) in [5.74, 6) is 0. The van der Waals surface area contributed by atoms with E-state index in [9.17, 15) is 8.78 Å². The van der Waals surface area contributed by atoms with Crippen LogP contribution in [0.2, 0.25) is 5.02 Å². The van der Waals surface area contributed by atoms with Gasteiger partial charge in [-0.25, -0.2) is 8.78 Å². The fraction of sp³-hybridized carbons (Fsp3) is 0.143. The number of rotatable bonds is 1. The molecule has 1 aromatic rings. The van der Waals surface area contributed by atoms with Crippen LogP contribution in [-0.4, -0.2) is 0 Å². The zero-order valence-electron chi connectivity index (χ0n) is 4.94. The molecule has 0 aromatic heterocycles. The Hall–Kier alpha value is -0.630. The van der Waals surface area contributed by atoms with Gasteiger partial charge in [0.25, 0.3) is 6.43 Å². The van der Waals surface area contributed by atoms with E-state index in [-0.39, 0.29) is 5.56 Å². The minimum absolute atomic E-state index is 0.160. The topological polar surface area (TPSA) is 0 Å². The Labute approximate surface area is 62.4 Å². The number of hydrogen-bond donors (Lipinski definition) is 0. The average molecular weight is 162 g/mol. The second-order valence-electron chi connectivity index (χ2n) is 1.76. The van der Waals surface area contributed by atoms with Crippen molar-refractivity contribution in [2.45, 2.75) is 6.43 Å². The van der Waals surface area contributed by atoms with Crippen molar-refractivity contribution in [1.29, 1.82) is 0 Å². The quantitative estimate of drug-likeness (QED) is 0.594. The van der Waals surface area contributed by atoms with Crippen molar-refractivity contribution < 1.29 is 8.78 Å². The molecule has 1 radical (unpaired) electrons. The van der Waals surface area contributed by atoms with E-state index in [1.165, 1.54) is 18.2 Å². The first-order valence-corrected chi connectivity index (χ1v) is 3.03. The van der Waals surface area contributed by atoms with Crippen LogP contribution in [0.25, 0.3) is 0 Å². The maximum Gasteiger partial charge on any atom is 0.264 e. The van der Waals surface area contributed by atoms with Crippen LogP contribution >= 0.6 is 11.6 Å². The van der Waals surface area contributed by atoms with Gasteiger partial charge in [-0.3, -0.25) is 0 Å². The summed E-state index contributed by atoms with van der Waals surface area (Å²) in [6.45, 7) is 0. The predicted octanol–water partition coefficient (Wildman–Crippen LogP) is 3.08. The first kappa shape index (κ1) is 7.48. The van der Waals surface area contributed by atoms with Gasteiger partial charge in [0, 0.05) is 10.6 Å². The largest absolute Gasteiger partial charge is 0.264 e. The van der Waals surface area contributed by atoms with Gasteiger partial charge in [0.05, 0.1) is 0 Å². The minimum atomic E-state index is -2.49. The lowest BCUT2D eigenvalue weighted by Gasteiger charge is -1.96. The Morgan fingerprint density at radius 3 is 2.60 bits per heavy atom. The van der Waals surface area contributed by atoms with E-state index in [4.69, 9.17) is 11.6 Å². The van der Waals surface area contributed by atoms with Gasteiger partial charge < -0.3 is 0 Å². The summed E-state index contributed by atoms with van der Waals surface area (Å²) >= 11 is 5.44. The maximum absolute atomic E-state index is 11.9. The van der Waals surface area contributed by atoms with E-state index in [1.54, 1.807) is 0 Å². The molecule has 0 bridgehead atoms. The van der Waals surface area contributed by atoms with Crippen molar-refractivity contribution in [3.05, 3.63) is 34.9 Å². The molecule has 0 unspecified atom stereocenters. The van der Waals surface area contributed by atoms with Crippen LogP contribution in [0.5, 0.6) is 0 Å². The number of hydrogen-bond acceptors (Lipinski definition) is 0. The lowest BCUT2D eigenvalue weighted by atomic mass is 10.2. The minimum Gasteiger partial charge on any atom is -0.205 e. The molecule has 10 heavy (non-hydrogen) atoms. The van der Waals surface area contributed by atoms with Gasteiger partial charge in [-0.1, -0.05) is 17.7 Å². The average Bonchev–Trinajstić information content (AvgIpc) is 1.88. The first-order valence-electron chi connectivity index (χ1n) is 2.65. The predicted molar refractivity (Wildman–Crippen MR) is 35.2 cm³/mol. The van der Waals surface area contributed by atoms with Crippen molar-refractivity contribution in [1.82, 2.24) is 0 Å². The second kappa shape index (κ2) is 2.97. The Bertz CT molecular complexity index is 223. The Morgan fingerprint density at radius 2 is 2.20 bits per heavy atom. The van der Waals surface area contributed by atoms with Crippen LogP contribution in [0, 0.1) is 6.07 Å². The molecular formula is C7H4ClF2. The number of alkyl halides is 2. The third kappa shape index (κ3) is 1.67. The highest BCUT2D eigenvalue weighted by Gasteiger charge is 2.05. The van der Waals surface area contributed by atoms with Crippen molar-refractivity contribution in [2.24, 2.45) is 0 Å². The molecule has 1 aromatic carbocycles. The summed E-state index contributed by atoms with van der Waals surface area (Å²) in [5, 5.41) is 0.314. The van der Waals surface area contributed by atoms with Gasteiger partial charge >= 0.3 is 0 Å². The fourth-order valence-electron chi connectivity index (χ4n) is 0.582. The summed E-state index contributed by atoms with van der Waals surface area (Å²) in [7, 11) is 0. The summed E-state index contributed by atoms with van der Waals surface area (Å²) in [4.78, 5) is 0. The zero-order valence-corrected chi connectivity index (χ0v) is 5.70. The molecular weight excluding hydrogens is 158 g/mol. The normalized spacial score (nSPS) is 10.4. The SMILES string of the molecule is FC(F)c1[c]ccc(Cl)c1. The standard InChI is InChI=1S/C7H4ClF2/c8-6-3-1-2-5(4-6)7(9)10/h1,3-4,7H. The Morgan fingerprint density at radius 1 is 1.50 bits per heavy atom. The first-order chi connectivity index (χ1) is 4.70. The molecule has 0 aliphatic rings. The van der Waals surface area contributed by atoms with Gasteiger partial charge in [0.2, 0.25) is 0 Å². The molecule has 0 fully saturated rings. The zero-order chi connectivity index (χ0) is 7.56. The van der Waals surface area contributed by atoms with E-state index < -0.39 is 6.43 Å². The lowest BCUT2D eigenvalue weighted by molar-refractivity contribution is 0.151. The molecule has 3 heteroatoms. The van der Waals surface area contributed by atoms with Crippen LogP contribution in [0.3, 0.4) is 0 Å². The monoisotopic (exact) mass is 161 g/mol. The van der Waals surface area contributed by atoms with E-state index in [2.05, 4.69) is 6.07 Å². The molecule has 0 amide bonds. The fourth-order valence-corrected chi connectivity index (χ4v) is 0.762. The van der Waals surface area contributed by atoms with Crippen molar-refractivity contribution in [2.75, 3.05) is 0 Å². The third-order valence-corrected chi connectivity index (χ3v) is 1.26. The van der Waals surface area contributed by atoms with Gasteiger partial charge in [-0.05, 0) is 18.2 Å². The van der Waals surface area contributed by atoms with Crippen LogP contribution < -0.4 is 0 Å². The molecule has 0 saturated carbocycles. The van der Waals surface area contributed by atoms with Crippen LogP contribution in [-0.2, 0) is 0 Å².